The van der Waals surface area contributed by atoms with Crippen LogP contribution in [0.25, 0.3) is 11.2 Å². The van der Waals surface area contributed by atoms with E-state index in [0.29, 0.717) is 16.9 Å². The zero-order chi connectivity index (χ0) is 32.7. The third-order valence-corrected chi connectivity index (χ3v) is 6.44. The molecule has 0 aliphatic rings. The highest BCUT2D eigenvalue weighted by atomic mass is 19.4. The van der Waals surface area contributed by atoms with Crippen LogP contribution in [-0.2, 0) is 27.3 Å². The number of anilines is 2. The topological polar surface area (TPSA) is 193 Å². The molecule has 0 aliphatic heterocycles. The van der Waals surface area contributed by atoms with Crippen LogP contribution in [0.3, 0.4) is 0 Å². The molecule has 2 amide bonds. The molecule has 0 bridgehead atoms. The molecule has 4 aromatic rings. The molecule has 0 saturated heterocycles. The van der Waals surface area contributed by atoms with Crippen molar-refractivity contribution in [3.8, 4) is 5.75 Å². The third kappa shape index (κ3) is 8.31. The van der Waals surface area contributed by atoms with E-state index >= 15 is 0 Å². The predicted octanol–water partition coefficient (Wildman–Crippen LogP) is 2.78. The normalized spacial score (nSPS) is 12.0. The van der Waals surface area contributed by atoms with Crippen LogP contribution in [0.1, 0.15) is 41.4 Å². The standard InChI is InChI=1S/C29H28F3N7O6/c1-2-3-12-45-26(43)21(13-16-4-10-20(40)11-5-16)36-24(41)17-6-8-19(9-7-17)39(27(44)29(30,31)32)15-18-14-34-23-22(35-18)25(42)38-28(33)37-23/h4-11,14,21,40H,2-3,12-13,15H2,1H3,(H,36,41)(H3,33,34,37,38,42)/t21-/m0/s1. The smallest absolute Gasteiger partial charge is 0.471 e. The van der Waals surface area contributed by atoms with Crippen molar-refractivity contribution >= 4 is 40.6 Å². The number of carbonyl (C=O) groups excluding carboxylic acids is 3. The van der Waals surface area contributed by atoms with E-state index in [2.05, 4.69) is 25.3 Å². The van der Waals surface area contributed by atoms with Gasteiger partial charge in [0.1, 0.15) is 11.8 Å². The van der Waals surface area contributed by atoms with E-state index in [9.17, 15) is 37.5 Å². The summed E-state index contributed by atoms with van der Waals surface area (Å²) in [6.45, 7) is 1.34. The Morgan fingerprint density at radius 3 is 2.42 bits per heavy atom. The number of aromatic hydroxyl groups is 1. The minimum atomic E-state index is -5.27. The summed E-state index contributed by atoms with van der Waals surface area (Å²) in [7, 11) is 0. The highest BCUT2D eigenvalue weighted by Crippen LogP contribution is 2.26. The van der Waals surface area contributed by atoms with Crippen molar-refractivity contribution in [2.45, 2.75) is 44.9 Å². The van der Waals surface area contributed by atoms with Gasteiger partial charge in [-0.05, 0) is 48.4 Å². The molecule has 45 heavy (non-hydrogen) atoms. The number of alkyl halides is 3. The van der Waals surface area contributed by atoms with Crippen molar-refractivity contribution in [2.75, 3.05) is 17.2 Å². The molecule has 0 aliphatic carbocycles. The van der Waals surface area contributed by atoms with Crippen LogP contribution in [0.2, 0.25) is 0 Å². The maximum atomic E-state index is 13.6. The monoisotopic (exact) mass is 627 g/mol. The summed E-state index contributed by atoms with van der Waals surface area (Å²) >= 11 is 0. The molecule has 16 heteroatoms. The van der Waals surface area contributed by atoms with E-state index in [1.807, 2.05) is 6.92 Å². The largest absolute Gasteiger partial charge is 0.508 e. The number of nitrogens with one attached hydrogen (secondary N) is 2. The number of hydrogen-bond acceptors (Lipinski definition) is 10. The van der Waals surface area contributed by atoms with Gasteiger partial charge in [0, 0.05) is 17.7 Å². The van der Waals surface area contributed by atoms with Crippen molar-refractivity contribution in [2.24, 2.45) is 0 Å². The van der Waals surface area contributed by atoms with Crippen LogP contribution in [0.5, 0.6) is 5.75 Å². The van der Waals surface area contributed by atoms with Crippen molar-refractivity contribution < 1.29 is 37.4 Å². The summed E-state index contributed by atoms with van der Waals surface area (Å²) in [5, 5.41) is 12.1. The first kappa shape index (κ1) is 32.4. The van der Waals surface area contributed by atoms with E-state index in [0.717, 1.165) is 24.8 Å². The minimum Gasteiger partial charge on any atom is -0.508 e. The van der Waals surface area contributed by atoms with Gasteiger partial charge in [-0.2, -0.15) is 18.2 Å². The van der Waals surface area contributed by atoms with Crippen molar-refractivity contribution in [1.82, 2.24) is 25.3 Å². The Morgan fingerprint density at radius 2 is 1.78 bits per heavy atom. The van der Waals surface area contributed by atoms with E-state index < -0.39 is 42.1 Å². The average molecular weight is 628 g/mol. The molecule has 5 N–H and O–H groups in total. The number of nitrogens with zero attached hydrogens (tertiary/aromatic N) is 4. The summed E-state index contributed by atoms with van der Waals surface area (Å²) in [6.07, 6.45) is -2.78. The van der Waals surface area contributed by atoms with Crippen LogP contribution in [0.4, 0.5) is 24.8 Å². The van der Waals surface area contributed by atoms with E-state index in [1.54, 1.807) is 12.1 Å². The maximum absolute atomic E-state index is 13.6. The van der Waals surface area contributed by atoms with Gasteiger partial charge in [0.15, 0.2) is 11.2 Å². The summed E-state index contributed by atoms with van der Waals surface area (Å²) in [5.74, 6) is -3.84. The van der Waals surface area contributed by atoms with Crippen LogP contribution >= 0.6 is 0 Å². The molecule has 0 radical (unpaired) electrons. The first-order valence-electron chi connectivity index (χ1n) is 13.6. The molecule has 2 aromatic carbocycles. The van der Waals surface area contributed by atoms with Gasteiger partial charge in [-0.25, -0.2) is 14.8 Å². The Balaban J connectivity index is 1.57. The number of benzene rings is 2. The highest BCUT2D eigenvalue weighted by Gasteiger charge is 2.43. The zero-order valence-corrected chi connectivity index (χ0v) is 23.8. The SMILES string of the molecule is CCCCOC(=O)[C@H](Cc1ccc(O)cc1)NC(=O)c1ccc(N(Cc2cnc3nc(N)[nH]c(=O)c3n2)C(=O)C(F)(F)F)cc1. The number of H-pyrrole nitrogens is 1. The van der Waals surface area contributed by atoms with Gasteiger partial charge in [0.25, 0.3) is 11.5 Å². The van der Waals surface area contributed by atoms with Gasteiger partial charge in [0.2, 0.25) is 5.95 Å². The second kappa shape index (κ2) is 13.8. The van der Waals surface area contributed by atoms with Crippen LogP contribution in [0.15, 0.2) is 59.5 Å². The number of aromatic amines is 1. The summed E-state index contributed by atoms with van der Waals surface area (Å²) < 4.78 is 46.0. The van der Waals surface area contributed by atoms with Gasteiger partial charge >= 0.3 is 18.1 Å². The second-order valence-electron chi connectivity index (χ2n) is 9.84. The Kier molecular flexibility index (Phi) is 9.95. The first-order valence-corrected chi connectivity index (χ1v) is 13.6. The lowest BCUT2D eigenvalue weighted by Crippen LogP contribution is -2.43. The minimum absolute atomic E-state index is 0.0177. The Bertz CT molecular complexity index is 1750. The molecule has 236 valence electrons. The number of phenols is 1. The van der Waals surface area contributed by atoms with Gasteiger partial charge < -0.3 is 20.9 Å². The van der Waals surface area contributed by atoms with E-state index in [4.69, 9.17) is 10.5 Å². The van der Waals surface area contributed by atoms with Crippen LogP contribution in [-0.4, -0.2) is 61.7 Å². The first-order chi connectivity index (χ1) is 21.3. The zero-order valence-electron chi connectivity index (χ0n) is 23.8. The summed E-state index contributed by atoms with van der Waals surface area (Å²) in [5.41, 5.74) is 4.49. The number of esters is 1. The third-order valence-electron chi connectivity index (χ3n) is 6.44. The van der Waals surface area contributed by atoms with Crippen LogP contribution < -0.4 is 21.5 Å². The molecule has 0 fully saturated rings. The number of phenolic OH excluding ortho intramolecular Hbond substituents is 1. The number of fused-ring (bicyclic) bond motifs is 1. The Hall–Kier alpha value is -5.54. The van der Waals surface area contributed by atoms with E-state index in [-0.39, 0.29) is 52.8 Å². The number of nitrogen functional groups attached to an aromatic ring is 1. The number of ether oxygens (including phenoxy) is 1. The lowest BCUT2D eigenvalue weighted by atomic mass is 10.0. The number of aromatic nitrogens is 4. The average Bonchev–Trinajstić information content (AvgIpc) is 3.00. The molecule has 4 rings (SSSR count). The molecule has 0 saturated carbocycles. The van der Waals surface area contributed by atoms with E-state index in [1.165, 1.54) is 24.3 Å². The highest BCUT2D eigenvalue weighted by molar-refractivity contribution is 5.99. The number of unbranched alkanes of at least 4 members (excludes halogenated alkanes) is 1. The fourth-order valence-electron chi connectivity index (χ4n) is 4.16. The quantitative estimate of drug-likeness (QED) is 0.142. The molecule has 2 aromatic heterocycles. The molecular formula is C29H28F3N7O6. The molecule has 0 spiro atoms. The molecule has 2 heterocycles. The fourth-order valence-corrected chi connectivity index (χ4v) is 4.16. The predicted molar refractivity (Wildman–Crippen MR) is 155 cm³/mol. The van der Waals surface area contributed by atoms with Gasteiger partial charge in [-0.3, -0.25) is 24.3 Å². The number of halogens is 3. The van der Waals surface area contributed by atoms with Crippen molar-refractivity contribution in [3.63, 3.8) is 0 Å². The van der Waals surface area contributed by atoms with Gasteiger partial charge in [0.05, 0.1) is 25.0 Å². The molecular weight excluding hydrogens is 599 g/mol. The lowest BCUT2D eigenvalue weighted by Gasteiger charge is -2.24. The maximum Gasteiger partial charge on any atom is 0.471 e. The van der Waals surface area contributed by atoms with Gasteiger partial charge in [-0.15, -0.1) is 0 Å². The summed E-state index contributed by atoms with van der Waals surface area (Å²) in [6, 6.07) is 9.52. The fraction of sp³-hybridized carbons (Fsp3) is 0.276. The molecule has 13 nitrogen and oxygen atoms in total. The Labute approximate surface area is 253 Å². The number of carbonyl (C=O) groups is 3. The van der Waals surface area contributed by atoms with Gasteiger partial charge in [-0.1, -0.05) is 25.5 Å². The summed E-state index contributed by atoms with van der Waals surface area (Å²) in [4.78, 5) is 64.8. The molecule has 0 unspecified atom stereocenters. The van der Waals surface area contributed by atoms with Crippen LogP contribution in [0, 0.1) is 0 Å². The number of amides is 2. The number of rotatable bonds is 11. The second-order valence-corrected chi connectivity index (χ2v) is 9.84. The lowest BCUT2D eigenvalue weighted by molar-refractivity contribution is -0.170. The number of hydrogen-bond donors (Lipinski definition) is 4. The van der Waals surface area contributed by atoms with Crippen molar-refractivity contribution in [3.05, 3.63) is 81.9 Å². The number of nitrogens with two attached hydrogens (primary N) is 1. The molecule has 1 atom stereocenters. The van der Waals surface area contributed by atoms with Crippen molar-refractivity contribution in [1.29, 1.82) is 0 Å². The Morgan fingerprint density at radius 1 is 1.09 bits per heavy atom.